The predicted molar refractivity (Wildman–Crippen MR) is 82.3 cm³/mol. The first-order chi connectivity index (χ1) is 10.3. The Morgan fingerprint density at radius 2 is 1.95 bits per heavy atom. The largest absolute Gasteiger partial charge is 0.399 e. The SMILES string of the molecule is N#Cc1ccc(Cn2ccnc2-c2cccc(N)c2)cc1. The molecule has 0 aliphatic rings. The highest BCUT2D eigenvalue weighted by molar-refractivity contribution is 5.61. The quantitative estimate of drug-likeness (QED) is 0.746. The minimum absolute atomic E-state index is 0.667. The van der Waals surface area contributed by atoms with Gasteiger partial charge in [-0.25, -0.2) is 4.98 Å². The molecule has 0 spiro atoms. The Hall–Kier alpha value is -3.06. The van der Waals surface area contributed by atoms with Crippen LogP contribution in [0.4, 0.5) is 5.69 Å². The molecule has 2 N–H and O–H groups in total. The number of imidazole rings is 1. The van der Waals surface area contributed by atoms with Crippen molar-refractivity contribution < 1.29 is 0 Å². The molecule has 0 amide bonds. The number of nitrogen functional groups attached to an aromatic ring is 1. The van der Waals surface area contributed by atoms with E-state index in [9.17, 15) is 0 Å². The van der Waals surface area contributed by atoms with Crippen LogP contribution in [0.15, 0.2) is 60.9 Å². The van der Waals surface area contributed by atoms with Gasteiger partial charge in [0.2, 0.25) is 0 Å². The molecular formula is C17H14N4. The Morgan fingerprint density at radius 1 is 1.14 bits per heavy atom. The molecule has 1 heterocycles. The van der Waals surface area contributed by atoms with Crippen molar-refractivity contribution in [2.45, 2.75) is 6.54 Å². The van der Waals surface area contributed by atoms with Gasteiger partial charge in [-0.05, 0) is 29.8 Å². The van der Waals surface area contributed by atoms with Gasteiger partial charge in [-0.15, -0.1) is 0 Å². The molecule has 0 saturated carbocycles. The van der Waals surface area contributed by atoms with Gasteiger partial charge in [0, 0.05) is 30.2 Å². The van der Waals surface area contributed by atoms with Crippen molar-refractivity contribution in [3.05, 3.63) is 72.1 Å². The molecule has 0 saturated heterocycles. The van der Waals surface area contributed by atoms with Crippen molar-refractivity contribution in [1.29, 1.82) is 5.26 Å². The van der Waals surface area contributed by atoms with Crippen LogP contribution in [0, 0.1) is 11.3 Å². The van der Waals surface area contributed by atoms with Crippen LogP contribution in [0.2, 0.25) is 0 Å². The van der Waals surface area contributed by atoms with Crippen LogP contribution < -0.4 is 5.73 Å². The monoisotopic (exact) mass is 274 g/mol. The molecule has 3 rings (SSSR count). The van der Waals surface area contributed by atoms with E-state index in [1.165, 1.54) is 0 Å². The molecule has 0 fully saturated rings. The normalized spacial score (nSPS) is 10.2. The summed E-state index contributed by atoms with van der Waals surface area (Å²) in [6.07, 6.45) is 3.72. The highest BCUT2D eigenvalue weighted by Gasteiger charge is 2.06. The average Bonchev–Trinajstić information content (AvgIpc) is 2.96. The summed E-state index contributed by atoms with van der Waals surface area (Å²) in [4.78, 5) is 4.41. The predicted octanol–water partition coefficient (Wildman–Crippen LogP) is 3.05. The van der Waals surface area contributed by atoms with E-state index in [1.54, 1.807) is 6.20 Å². The van der Waals surface area contributed by atoms with Crippen LogP contribution in [0.5, 0.6) is 0 Å². The third-order valence-corrected chi connectivity index (χ3v) is 3.30. The van der Waals surface area contributed by atoms with Gasteiger partial charge in [0.15, 0.2) is 0 Å². The van der Waals surface area contributed by atoms with Gasteiger partial charge in [-0.1, -0.05) is 24.3 Å². The van der Waals surface area contributed by atoms with Crippen molar-refractivity contribution >= 4 is 5.69 Å². The lowest BCUT2D eigenvalue weighted by atomic mass is 10.1. The van der Waals surface area contributed by atoms with Gasteiger partial charge in [0.05, 0.1) is 11.6 Å². The molecule has 3 aromatic rings. The lowest BCUT2D eigenvalue weighted by molar-refractivity contribution is 0.807. The Bertz CT molecular complexity index is 794. The zero-order valence-electron chi connectivity index (χ0n) is 11.4. The average molecular weight is 274 g/mol. The highest BCUT2D eigenvalue weighted by Crippen LogP contribution is 2.20. The topological polar surface area (TPSA) is 67.6 Å². The number of aromatic nitrogens is 2. The van der Waals surface area contributed by atoms with E-state index in [0.717, 1.165) is 22.6 Å². The summed E-state index contributed by atoms with van der Waals surface area (Å²) in [5, 5.41) is 8.83. The van der Waals surface area contributed by atoms with Gasteiger partial charge in [-0.3, -0.25) is 0 Å². The maximum atomic E-state index is 8.83. The second-order valence-electron chi connectivity index (χ2n) is 4.81. The van der Waals surface area contributed by atoms with Crippen molar-refractivity contribution in [3.63, 3.8) is 0 Å². The summed E-state index contributed by atoms with van der Waals surface area (Å²) >= 11 is 0. The molecule has 21 heavy (non-hydrogen) atoms. The summed E-state index contributed by atoms with van der Waals surface area (Å²) in [5.74, 6) is 0.881. The number of nitrogens with two attached hydrogens (primary N) is 1. The molecule has 0 radical (unpaired) electrons. The van der Waals surface area contributed by atoms with E-state index in [-0.39, 0.29) is 0 Å². The van der Waals surface area contributed by atoms with E-state index in [0.29, 0.717) is 12.1 Å². The van der Waals surface area contributed by atoms with Gasteiger partial charge < -0.3 is 10.3 Å². The number of hydrogen-bond acceptors (Lipinski definition) is 3. The van der Waals surface area contributed by atoms with Gasteiger partial charge >= 0.3 is 0 Å². The van der Waals surface area contributed by atoms with E-state index < -0.39 is 0 Å². The second-order valence-corrected chi connectivity index (χ2v) is 4.81. The smallest absolute Gasteiger partial charge is 0.140 e. The third-order valence-electron chi connectivity index (χ3n) is 3.30. The molecular weight excluding hydrogens is 260 g/mol. The molecule has 4 heteroatoms. The number of rotatable bonds is 3. The molecule has 0 bridgehead atoms. The minimum atomic E-state index is 0.667. The number of anilines is 1. The maximum Gasteiger partial charge on any atom is 0.140 e. The summed E-state index contributed by atoms with van der Waals surface area (Å²) in [6.45, 7) is 0.704. The maximum absolute atomic E-state index is 8.83. The van der Waals surface area contributed by atoms with Crippen LogP contribution in [-0.2, 0) is 6.54 Å². The Labute approximate surface area is 123 Å². The second kappa shape index (κ2) is 5.51. The van der Waals surface area contributed by atoms with Crippen LogP contribution in [-0.4, -0.2) is 9.55 Å². The van der Waals surface area contributed by atoms with Crippen LogP contribution >= 0.6 is 0 Å². The highest BCUT2D eigenvalue weighted by atomic mass is 15.1. The zero-order chi connectivity index (χ0) is 14.7. The lowest BCUT2D eigenvalue weighted by Crippen LogP contribution is -2.01. The van der Waals surface area contributed by atoms with Crippen LogP contribution in [0.25, 0.3) is 11.4 Å². The van der Waals surface area contributed by atoms with Gasteiger partial charge in [-0.2, -0.15) is 5.26 Å². The molecule has 102 valence electrons. The summed E-state index contributed by atoms with van der Waals surface area (Å²) < 4.78 is 2.07. The van der Waals surface area contributed by atoms with Crippen molar-refractivity contribution in [2.75, 3.05) is 5.73 Å². The Kier molecular flexibility index (Phi) is 3.40. The fourth-order valence-corrected chi connectivity index (χ4v) is 2.26. The molecule has 2 aromatic carbocycles. The van der Waals surface area contributed by atoms with Gasteiger partial charge in [0.25, 0.3) is 0 Å². The standard InChI is InChI=1S/C17H14N4/c18-11-13-4-6-14(7-5-13)12-21-9-8-20-17(21)15-2-1-3-16(19)10-15/h1-10H,12,19H2. The van der Waals surface area contributed by atoms with E-state index in [4.69, 9.17) is 11.0 Å². The minimum Gasteiger partial charge on any atom is -0.399 e. The fourth-order valence-electron chi connectivity index (χ4n) is 2.26. The molecule has 0 unspecified atom stereocenters. The van der Waals surface area contributed by atoms with Crippen molar-refractivity contribution in [2.24, 2.45) is 0 Å². The summed E-state index contributed by atoms with van der Waals surface area (Å²) in [6, 6.07) is 17.4. The molecule has 4 nitrogen and oxygen atoms in total. The van der Waals surface area contributed by atoms with E-state index >= 15 is 0 Å². The number of hydrogen-bond donors (Lipinski definition) is 1. The number of nitrogens with zero attached hydrogens (tertiary/aromatic N) is 3. The van der Waals surface area contributed by atoms with E-state index in [1.807, 2.05) is 54.7 Å². The van der Waals surface area contributed by atoms with Crippen molar-refractivity contribution in [3.8, 4) is 17.5 Å². The number of nitriles is 1. The molecule has 0 aliphatic carbocycles. The molecule has 0 aliphatic heterocycles. The summed E-state index contributed by atoms with van der Waals surface area (Å²) in [5.41, 5.74) is 9.34. The van der Waals surface area contributed by atoms with Crippen LogP contribution in [0.3, 0.4) is 0 Å². The van der Waals surface area contributed by atoms with Crippen LogP contribution in [0.1, 0.15) is 11.1 Å². The Balaban J connectivity index is 1.90. The fraction of sp³-hybridized carbons (Fsp3) is 0.0588. The van der Waals surface area contributed by atoms with E-state index in [2.05, 4.69) is 15.6 Å². The lowest BCUT2D eigenvalue weighted by Gasteiger charge is -2.08. The Morgan fingerprint density at radius 3 is 2.67 bits per heavy atom. The van der Waals surface area contributed by atoms with Crippen molar-refractivity contribution in [1.82, 2.24) is 9.55 Å². The van der Waals surface area contributed by atoms with Gasteiger partial charge in [0.1, 0.15) is 5.82 Å². The third kappa shape index (κ3) is 2.77. The summed E-state index contributed by atoms with van der Waals surface area (Å²) in [7, 11) is 0. The molecule has 0 atom stereocenters. The first-order valence-electron chi connectivity index (χ1n) is 6.62. The zero-order valence-corrected chi connectivity index (χ0v) is 11.4. The first-order valence-corrected chi connectivity index (χ1v) is 6.62. The number of benzene rings is 2. The molecule has 1 aromatic heterocycles. The first kappa shape index (κ1) is 12.9.